The van der Waals surface area contributed by atoms with Gasteiger partial charge in [0.2, 0.25) is 5.91 Å². The van der Waals surface area contributed by atoms with E-state index in [0.717, 1.165) is 19.4 Å². The van der Waals surface area contributed by atoms with Crippen LogP contribution in [0.1, 0.15) is 29.6 Å². The number of benzene rings is 2. The molecule has 2 amide bonds. The van der Waals surface area contributed by atoms with Crippen molar-refractivity contribution in [1.82, 2.24) is 9.55 Å². The summed E-state index contributed by atoms with van der Waals surface area (Å²) >= 11 is 6.14. The molecule has 8 nitrogen and oxygen atoms in total. The molecular formula is C24H25ClN4O4. The van der Waals surface area contributed by atoms with Gasteiger partial charge in [-0.1, -0.05) is 17.7 Å². The first-order valence-electron chi connectivity index (χ1n) is 10.8. The highest BCUT2D eigenvalue weighted by molar-refractivity contribution is 6.31. The van der Waals surface area contributed by atoms with E-state index < -0.39 is 0 Å². The third kappa shape index (κ3) is 6.57. The average Bonchev–Trinajstić information content (AvgIpc) is 3.52. The minimum absolute atomic E-state index is 0.0540. The van der Waals surface area contributed by atoms with Crippen molar-refractivity contribution in [3.63, 3.8) is 0 Å². The molecule has 3 aromatic rings. The van der Waals surface area contributed by atoms with Gasteiger partial charge >= 0.3 is 0 Å². The number of aromatic nitrogens is 2. The highest BCUT2D eigenvalue weighted by atomic mass is 35.5. The summed E-state index contributed by atoms with van der Waals surface area (Å²) < 4.78 is 13.3. The summed E-state index contributed by atoms with van der Waals surface area (Å²) in [6, 6.07) is 11.8. The van der Waals surface area contributed by atoms with Gasteiger partial charge in [-0.05, 0) is 49.2 Å². The van der Waals surface area contributed by atoms with Gasteiger partial charge in [-0.2, -0.15) is 0 Å². The molecule has 172 valence electrons. The number of nitrogens with one attached hydrogen (secondary N) is 2. The molecule has 0 radical (unpaired) electrons. The second-order valence-electron chi connectivity index (χ2n) is 7.72. The van der Waals surface area contributed by atoms with Crippen LogP contribution in [-0.4, -0.2) is 40.7 Å². The summed E-state index contributed by atoms with van der Waals surface area (Å²) in [6.45, 7) is 1.68. The van der Waals surface area contributed by atoms with Gasteiger partial charge in [0.25, 0.3) is 5.91 Å². The predicted octanol–water partition coefficient (Wildman–Crippen LogP) is 4.38. The van der Waals surface area contributed by atoms with E-state index in [-0.39, 0.29) is 17.9 Å². The number of imidazole rings is 1. The van der Waals surface area contributed by atoms with Crippen LogP contribution in [0.25, 0.3) is 0 Å². The fraction of sp³-hybridized carbons (Fsp3) is 0.292. The number of ether oxygens (including phenoxy) is 2. The minimum Gasteiger partial charge on any atom is -0.489 e. The Morgan fingerprint density at radius 3 is 2.91 bits per heavy atom. The van der Waals surface area contributed by atoms with E-state index >= 15 is 0 Å². The van der Waals surface area contributed by atoms with E-state index in [2.05, 4.69) is 15.6 Å². The zero-order valence-electron chi connectivity index (χ0n) is 18.0. The Kier molecular flexibility index (Phi) is 7.59. The molecule has 4 rings (SSSR count). The molecule has 1 unspecified atom stereocenters. The molecule has 1 aliphatic heterocycles. The van der Waals surface area contributed by atoms with Crippen molar-refractivity contribution in [2.24, 2.45) is 0 Å². The number of nitrogens with zero attached hydrogens (tertiary/aromatic N) is 2. The smallest absolute Gasteiger partial charge is 0.255 e. The van der Waals surface area contributed by atoms with Gasteiger partial charge < -0.3 is 24.7 Å². The summed E-state index contributed by atoms with van der Waals surface area (Å²) in [5, 5.41) is 6.16. The standard InChI is InChI=1S/C24H25ClN4O4/c25-18-6-7-22(33-15-20-5-2-12-32-20)21(14-18)28-24(31)17-3-1-4-19(13-17)27-23(30)8-10-29-11-9-26-16-29/h1,3-4,6-7,9,11,13-14,16,20H,2,5,8,10,12,15H2,(H,27,30)(H,28,31). The van der Waals surface area contributed by atoms with Crippen LogP contribution in [0.4, 0.5) is 11.4 Å². The molecule has 2 aromatic carbocycles. The number of amides is 2. The van der Waals surface area contributed by atoms with E-state index in [9.17, 15) is 9.59 Å². The molecule has 0 spiro atoms. The highest BCUT2D eigenvalue weighted by Gasteiger charge is 2.18. The number of hydrogen-bond acceptors (Lipinski definition) is 5. The van der Waals surface area contributed by atoms with Gasteiger partial charge in [0.1, 0.15) is 12.4 Å². The molecule has 1 saturated heterocycles. The molecule has 0 saturated carbocycles. The van der Waals surface area contributed by atoms with Crippen molar-refractivity contribution in [3.05, 3.63) is 71.8 Å². The van der Waals surface area contributed by atoms with Crippen molar-refractivity contribution < 1.29 is 19.1 Å². The average molecular weight is 469 g/mol. The Hall–Kier alpha value is -3.36. The fourth-order valence-corrected chi connectivity index (χ4v) is 3.66. The van der Waals surface area contributed by atoms with Gasteiger partial charge in [0.05, 0.1) is 18.1 Å². The Bertz CT molecular complexity index is 1100. The maximum atomic E-state index is 12.9. The van der Waals surface area contributed by atoms with Crippen molar-refractivity contribution in [2.45, 2.75) is 31.9 Å². The number of aryl methyl sites for hydroxylation is 1. The number of halogens is 1. The molecule has 2 heterocycles. The second-order valence-corrected chi connectivity index (χ2v) is 8.16. The normalized spacial score (nSPS) is 15.2. The number of rotatable bonds is 9. The molecule has 0 aliphatic carbocycles. The quantitative estimate of drug-likeness (QED) is 0.486. The number of carbonyl (C=O) groups excluding carboxylic acids is 2. The van der Waals surface area contributed by atoms with E-state index in [0.29, 0.717) is 47.3 Å². The van der Waals surface area contributed by atoms with Crippen molar-refractivity contribution in [1.29, 1.82) is 0 Å². The lowest BCUT2D eigenvalue weighted by Gasteiger charge is -2.16. The SMILES string of the molecule is O=C(CCn1ccnc1)Nc1cccc(C(=O)Nc2cc(Cl)ccc2OCC2CCCO2)c1. The predicted molar refractivity (Wildman–Crippen MR) is 126 cm³/mol. The van der Waals surface area contributed by atoms with Crippen LogP contribution < -0.4 is 15.4 Å². The number of anilines is 2. The van der Waals surface area contributed by atoms with Crippen LogP contribution in [0.15, 0.2) is 61.2 Å². The molecule has 1 aromatic heterocycles. The summed E-state index contributed by atoms with van der Waals surface area (Å²) in [6.07, 6.45) is 7.45. The first kappa shape index (κ1) is 22.8. The van der Waals surface area contributed by atoms with Crippen molar-refractivity contribution in [3.8, 4) is 5.75 Å². The van der Waals surface area contributed by atoms with Gasteiger partial charge in [-0.3, -0.25) is 9.59 Å². The fourth-order valence-electron chi connectivity index (χ4n) is 3.49. The molecule has 0 bridgehead atoms. The number of hydrogen-bond donors (Lipinski definition) is 2. The maximum Gasteiger partial charge on any atom is 0.255 e. The van der Waals surface area contributed by atoms with Crippen LogP contribution in [0.3, 0.4) is 0 Å². The van der Waals surface area contributed by atoms with Crippen LogP contribution in [0.5, 0.6) is 5.75 Å². The topological polar surface area (TPSA) is 94.5 Å². The monoisotopic (exact) mass is 468 g/mol. The number of carbonyl (C=O) groups is 2. The molecular weight excluding hydrogens is 444 g/mol. The Balaban J connectivity index is 1.38. The van der Waals surface area contributed by atoms with Crippen LogP contribution in [-0.2, 0) is 16.1 Å². The van der Waals surface area contributed by atoms with Gasteiger partial charge in [-0.15, -0.1) is 0 Å². The second kappa shape index (κ2) is 11.0. The van der Waals surface area contributed by atoms with Crippen molar-refractivity contribution in [2.75, 3.05) is 23.8 Å². The minimum atomic E-state index is -0.339. The molecule has 9 heteroatoms. The Morgan fingerprint density at radius 1 is 1.21 bits per heavy atom. The maximum absolute atomic E-state index is 12.9. The Labute approximate surface area is 196 Å². The largest absolute Gasteiger partial charge is 0.489 e. The van der Waals surface area contributed by atoms with Gasteiger partial charge in [0.15, 0.2) is 0 Å². The van der Waals surface area contributed by atoms with E-state index in [1.54, 1.807) is 61.2 Å². The van der Waals surface area contributed by atoms with E-state index in [1.807, 2.05) is 4.57 Å². The first-order valence-corrected chi connectivity index (χ1v) is 11.2. The zero-order valence-corrected chi connectivity index (χ0v) is 18.8. The molecule has 1 aliphatic rings. The lowest BCUT2D eigenvalue weighted by molar-refractivity contribution is -0.116. The Morgan fingerprint density at radius 2 is 2.12 bits per heavy atom. The van der Waals surface area contributed by atoms with Gasteiger partial charge in [-0.25, -0.2) is 4.98 Å². The zero-order chi connectivity index (χ0) is 23.0. The summed E-state index contributed by atoms with van der Waals surface area (Å²) in [5.41, 5.74) is 1.41. The summed E-state index contributed by atoms with van der Waals surface area (Å²) in [4.78, 5) is 29.1. The summed E-state index contributed by atoms with van der Waals surface area (Å²) in [7, 11) is 0. The lowest BCUT2D eigenvalue weighted by Crippen LogP contribution is -2.18. The molecule has 2 N–H and O–H groups in total. The van der Waals surface area contributed by atoms with E-state index in [4.69, 9.17) is 21.1 Å². The lowest BCUT2D eigenvalue weighted by atomic mass is 10.1. The third-order valence-electron chi connectivity index (χ3n) is 5.20. The molecule has 1 fully saturated rings. The van der Waals surface area contributed by atoms with Gasteiger partial charge in [0, 0.05) is 48.2 Å². The summed E-state index contributed by atoms with van der Waals surface area (Å²) in [5.74, 6) is 0.0295. The van der Waals surface area contributed by atoms with E-state index in [1.165, 1.54) is 0 Å². The molecule has 33 heavy (non-hydrogen) atoms. The molecule has 1 atom stereocenters. The van der Waals surface area contributed by atoms with Crippen LogP contribution in [0.2, 0.25) is 5.02 Å². The first-order chi connectivity index (χ1) is 16.1. The van der Waals surface area contributed by atoms with Crippen LogP contribution in [0, 0.1) is 0 Å². The van der Waals surface area contributed by atoms with Crippen LogP contribution >= 0.6 is 11.6 Å². The van der Waals surface area contributed by atoms with Crippen molar-refractivity contribution >= 4 is 34.8 Å². The third-order valence-corrected chi connectivity index (χ3v) is 5.44. The highest BCUT2D eigenvalue weighted by Crippen LogP contribution is 2.29.